The average molecular weight is 311 g/mol. The zero-order chi connectivity index (χ0) is 16.7. The van der Waals surface area contributed by atoms with Gasteiger partial charge in [0.1, 0.15) is 0 Å². The molecule has 0 rings (SSSR count). The highest BCUT2D eigenvalue weighted by atomic mass is 28.4. The van der Waals surface area contributed by atoms with E-state index in [4.69, 9.17) is 9.53 Å². The summed E-state index contributed by atoms with van der Waals surface area (Å²) in [5, 5.41) is 9.03. The van der Waals surface area contributed by atoms with Gasteiger partial charge in [-0.3, -0.25) is 0 Å². The molecule has 0 aliphatic heterocycles. The van der Waals surface area contributed by atoms with Crippen molar-refractivity contribution in [1.29, 1.82) is 0 Å². The van der Waals surface area contributed by atoms with Crippen LogP contribution in [0.1, 0.15) is 41.5 Å². The van der Waals surface area contributed by atoms with Crippen LogP contribution < -0.4 is 0 Å². The molecular formula is C18H34O2Si. The molecule has 1 N–H and O–H groups in total. The Hall–Kier alpha value is -0.643. The Kier molecular flexibility index (Phi) is 8.45. The minimum absolute atomic E-state index is 0.0880. The third-order valence-electron chi connectivity index (χ3n) is 4.00. The summed E-state index contributed by atoms with van der Waals surface area (Å²) in [7, 11) is -1.65. The first-order valence-electron chi connectivity index (χ1n) is 7.77. The van der Waals surface area contributed by atoms with E-state index in [1.54, 1.807) is 6.08 Å². The predicted molar refractivity (Wildman–Crippen MR) is 96.1 cm³/mol. The van der Waals surface area contributed by atoms with Gasteiger partial charge in [-0.15, -0.1) is 0 Å². The Balaban J connectivity index is 4.58. The fourth-order valence-electron chi connectivity index (χ4n) is 1.75. The molecule has 0 aromatic rings. The second kappa shape index (κ2) is 8.72. The molecule has 0 saturated carbocycles. The summed E-state index contributed by atoms with van der Waals surface area (Å²) in [6.45, 7) is 18.6. The van der Waals surface area contributed by atoms with Crippen LogP contribution >= 0.6 is 0 Å². The van der Waals surface area contributed by atoms with Crippen molar-refractivity contribution in [3.63, 3.8) is 0 Å². The summed E-state index contributed by atoms with van der Waals surface area (Å²) in [6.07, 6.45) is 8.08. The molecule has 0 spiro atoms. The molecule has 0 radical (unpaired) electrons. The first-order chi connectivity index (χ1) is 9.49. The predicted octanol–water partition coefficient (Wildman–Crippen LogP) is 5.09. The van der Waals surface area contributed by atoms with E-state index >= 15 is 0 Å². The lowest BCUT2D eigenvalue weighted by Crippen LogP contribution is -2.41. The monoisotopic (exact) mass is 310 g/mol. The third-order valence-corrected chi connectivity index (χ3v) is 8.50. The highest BCUT2D eigenvalue weighted by molar-refractivity contribution is 6.74. The van der Waals surface area contributed by atoms with E-state index in [1.165, 1.54) is 5.57 Å². The van der Waals surface area contributed by atoms with Crippen LogP contribution in [-0.4, -0.2) is 26.6 Å². The first kappa shape index (κ1) is 20.4. The average Bonchev–Trinajstić information content (AvgIpc) is 2.32. The van der Waals surface area contributed by atoms with Crippen molar-refractivity contribution in [3.05, 3.63) is 35.5 Å². The number of aliphatic hydroxyl groups is 1. The molecule has 122 valence electrons. The Morgan fingerprint density at radius 3 is 2.24 bits per heavy atom. The summed E-state index contributed by atoms with van der Waals surface area (Å²) in [4.78, 5) is 0. The van der Waals surface area contributed by atoms with Crippen LogP contribution in [0.3, 0.4) is 0 Å². The largest absolute Gasteiger partial charge is 0.416 e. The van der Waals surface area contributed by atoms with Crippen molar-refractivity contribution in [2.45, 2.75) is 59.7 Å². The van der Waals surface area contributed by atoms with Crippen LogP contribution in [0.4, 0.5) is 0 Å². The topological polar surface area (TPSA) is 29.5 Å². The molecule has 0 aromatic heterocycles. The van der Waals surface area contributed by atoms with Crippen LogP contribution in [0.15, 0.2) is 35.5 Å². The fourth-order valence-corrected chi connectivity index (χ4v) is 2.86. The molecule has 0 fully saturated rings. The molecule has 21 heavy (non-hydrogen) atoms. The van der Waals surface area contributed by atoms with Crippen molar-refractivity contribution in [2.24, 2.45) is 5.92 Å². The first-order valence-corrected chi connectivity index (χ1v) is 10.7. The Labute approximate surface area is 132 Å². The molecule has 0 bridgehead atoms. The number of rotatable bonds is 7. The van der Waals surface area contributed by atoms with E-state index < -0.39 is 8.32 Å². The van der Waals surface area contributed by atoms with Crippen molar-refractivity contribution in [1.82, 2.24) is 0 Å². The maximum Gasteiger partial charge on any atom is 0.192 e. The fraction of sp³-hybridized carbons (Fsp3) is 0.667. The standard InChI is InChI=1S/C18H34O2Si/c1-15(10-9-11-19)12-16(2)13-17(3)14-20-21(7,8)18(4,5)6/h9-10,12-13,17,19H,11,14H2,1-8H3/b10-9+,15-12-,16-13-/t17-/m0/s1. The van der Waals surface area contributed by atoms with Gasteiger partial charge in [-0.25, -0.2) is 0 Å². The molecule has 0 amide bonds. The van der Waals surface area contributed by atoms with Crippen LogP contribution in [0.2, 0.25) is 18.1 Å². The number of aliphatic hydroxyl groups excluding tert-OH is 1. The van der Waals surface area contributed by atoms with E-state index in [-0.39, 0.29) is 11.6 Å². The molecule has 3 heteroatoms. The van der Waals surface area contributed by atoms with E-state index in [0.717, 1.165) is 12.2 Å². The molecule has 0 aliphatic carbocycles. The van der Waals surface area contributed by atoms with E-state index in [0.29, 0.717) is 5.92 Å². The SMILES string of the molecule is CC(=C/[C@H](C)CO[Si](C)(C)C(C)(C)C)/C=C(C)\C=C\CO. The van der Waals surface area contributed by atoms with Crippen molar-refractivity contribution in [2.75, 3.05) is 13.2 Å². The van der Waals surface area contributed by atoms with Gasteiger partial charge >= 0.3 is 0 Å². The quantitative estimate of drug-likeness (QED) is 0.524. The summed E-state index contributed by atoms with van der Waals surface area (Å²) >= 11 is 0. The molecule has 1 atom stereocenters. The van der Waals surface area contributed by atoms with Crippen LogP contribution in [0.25, 0.3) is 0 Å². The molecule has 0 unspecified atom stereocenters. The maximum atomic E-state index is 8.77. The Morgan fingerprint density at radius 1 is 1.19 bits per heavy atom. The maximum absolute atomic E-state index is 8.77. The van der Waals surface area contributed by atoms with Crippen molar-refractivity contribution in [3.8, 4) is 0 Å². The minimum Gasteiger partial charge on any atom is -0.416 e. The van der Waals surface area contributed by atoms with E-state index in [9.17, 15) is 0 Å². The molecule has 0 aliphatic rings. The van der Waals surface area contributed by atoms with Crippen molar-refractivity contribution >= 4 is 8.32 Å². The zero-order valence-corrected chi connectivity index (χ0v) is 16.2. The minimum atomic E-state index is -1.65. The third kappa shape index (κ3) is 8.39. The smallest absolute Gasteiger partial charge is 0.192 e. The highest BCUT2D eigenvalue weighted by Crippen LogP contribution is 2.36. The molecular weight excluding hydrogens is 276 g/mol. The van der Waals surface area contributed by atoms with Gasteiger partial charge < -0.3 is 9.53 Å². The zero-order valence-electron chi connectivity index (χ0n) is 15.2. The van der Waals surface area contributed by atoms with E-state index in [2.05, 4.69) is 59.9 Å². The van der Waals surface area contributed by atoms with Gasteiger partial charge in [0, 0.05) is 6.61 Å². The Morgan fingerprint density at radius 2 is 1.76 bits per heavy atom. The van der Waals surface area contributed by atoms with Gasteiger partial charge in [0.05, 0.1) is 6.61 Å². The lowest BCUT2D eigenvalue weighted by atomic mass is 10.1. The molecule has 2 nitrogen and oxygen atoms in total. The van der Waals surface area contributed by atoms with Gasteiger partial charge in [0.2, 0.25) is 0 Å². The van der Waals surface area contributed by atoms with Gasteiger partial charge in [0.15, 0.2) is 8.32 Å². The second-order valence-electron chi connectivity index (χ2n) is 7.43. The lowest BCUT2D eigenvalue weighted by Gasteiger charge is -2.36. The van der Waals surface area contributed by atoms with Crippen molar-refractivity contribution < 1.29 is 9.53 Å². The normalized spacial score (nSPS) is 16.6. The highest BCUT2D eigenvalue weighted by Gasteiger charge is 2.37. The summed E-state index contributed by atoms with van der Waals surface area (Å²) in [5.41, 5.74) is 2.39. The van der Waals surface area contributed by atoms with Crippen LogP contribution in [-0.2, 0) is 4.43 Å². The lowest BCUT2D eigenvalue weighted by molar-refractivity contribution is 0.259. The summed E-state index contributed by atoms with van der Waals surface area (Å²) < 4.78 is 6.25. The summed E-state index contributed by atoms with van der Waals surface area (Å²) in [5.74, 6) is 0.407. The molecule has 0 saturated heterocycles. The van der Waals surface area contributed by atoms with E-state index in [1.807, 2.05) is 13.0 Å². The summed E-state index contributed by atoms with van der Waals surface area (Å²) in [6, 6.07) is 0. The van der Waals surface area contributed by atoms with Crippen LogP contribution in [0.5, 0.6) is 0 Å². The second-order valence-corrected chi connectivity index (χ2v) is 12.2. The molecule has 0 aromatic carbocycles. The van der Waals surface area contributed by atoms with Gasteiger partial charge in [0.25, 0.3) is 0 Å². The van der Waals surface area contributed by atoms with Crippen LogP contribution in [0, 0.1) is 5.92 Å². The van der Waals surface area contributed by atoms with Gasteiger partial charge in [-0.2, -0.15) is 0 Å². The number of hydrogen-bond acceptors (Lipinski definition) is 2. The van der Waals surface area contributed by atoms with Gasteiger partial charge in [-0.05, 0) is 37.9 Å². The molecule has 0 heterocycles. The number of hydrogen-bond donors (Lipinski definition) is 1. The Bertz CT molecular complexity index is 398. The van der Waals surface area contributed by atoms with Gasteiger partial charge in [-0.1, -0.05) is 63.1 Å². The number of allylic oxidation sites excluding steroid dienone is 4.